The van der Waals surface area contributed by atoms with Gasteiger partial charge in [-0.05, 0) is 61.8 Å². The topological polar surface area (TPSA) is 56.5 Å². The Hall–Kier alpha value is -1.81. The number of hydrogen-bond acceptors (Lipinski definition) is 4. The molecule has 2 saturated carbocycles. The first kappa shape index (κ1) is 13.8. The van der Waals surface area contributed by atoms with Crippen LogP contribution in [0.3, 0.4) is 0 Å². The summed E-state index contributed by atoms with van der Waals surface area (Å²) in [5, 5.41) is 1.14. The quantitative estimate of drug-likeness (QED) is 0.624. The molecule has 0 saturated heterocycles. The van der Waals surface area contributed by atoms with Crippen molar-refractivity contribution < 1.29 is 13.9 Å². The summed E-state index contributed by atoms with van der Waals surface area (Å²) in [6, 6.07) is 6.42. The Kier molecular flexibility index (Phi) is 3.22. The second-order valence-corrected chi connectivity index (χ2v) is 6.68. The van der Waals surface area contributed by atoms with E-state index in [-0.39, 0.29) is 11.7 Å². The predicted octanol–water partition coefficient (Wildman–Crippen LogP) is 3.79. The molecule has 2 fully saturated rings. The predicted molar refractivity (Wildman–Crippen MR) is 82.1 cm³/mol. The molecule has 1 aromatic heterocycles. The molecular weight excluding hydrogens is 304 g/mol. The van der Waals surface area contributed by atoms with Crippen LogP contribution < -0.4 is 5.63 Å². The Morgan fingerprint density at radius 1 is 1.23 bits per heavy atom. The molecule has 0 N–H and O–H groups in total. The average Bonchev–Trinajstić information content (AvgIpc) is 3.09. The van der Waals surface area contributed by atoms with Crippen molar-refractivity contribution in [2.75, 3.05) is 0 Å². The van der Waals surface area contributed by atoms with Crippen LogP contribution in [0.2, 0.25) is 5.02 Å². The van der Waals surface area contributed by atoms with Crippen molar-refractivity contribution in [2.24, 2.45) is 11.8 Å². The number of rotatable bonds is 2. The molecule has 0 amide bonds. The molecule has 3 unspecified atom stereocenters. The number of fused-ring (bicyclic) bond motifs is 3. The number of esters is 1. The average molecular weight is 319 g/mol. The largest absolute Gasteiger partial charge is 0.458 e. The molecule has 1 heterocycles. The number of ether oxygens (including phenoxy) is 1. The number of halogens is 1. The van der Waals surface area contributed by atoms with Crippen LogP contribution in [-0.4, -0.2) is 12.1 Å². The lowest BCUT2D eigenvalue weighted by Crippen LogP contribution is -2.26. The van der Waals surface area contributed by atoms with E-state index in [1.54, 1.807) is 18.2 Å². The van der Waals surface area contributed by atoms with Crippen molar-refractivity contribution in [3.05, 3.63) is 45.3 Å². The fourth-order valence-electron chi connectivity index (χ4n) is 3.77. The molecule has 1 aromatic carbocycles. The third-order valence-corrected chi connectivity index (χ3v) is 5.08. The Bertz CT molecular complexity index is 810. The number of benzene rings is 1. The summed E-state index contributed by atoms with van der Waals surface area (Å²) < 4.78 is 10.7. The first-order valence-corrected chi connectivity index (χ1v) is 7.92. The fraction of sp³-hybridized carbons (Fsp3) is 0.412. The maximum absolute atomic E-state index is 12.3. The van der Waals surface area contributed by atoms with E-state index in [2.05, 4.69) is 0 Å². The van der Waals surface area contributed by atoms with E-state index in [1.807, 2.05) is 0 Å². The molecule has 22 heavy (non-hydrogen) atoms. The van der Waals surface area contributed by atoms with Crippen LogP contribution >= 0.6 is 11.6 Å². The molecule has 3 atom stereocenters. The van der Waals surface area contributed by atoms with Gasteiger partial charge >= 0.3 is 11.6 Å². The van der Waals surface area contributed by atoms with E-state index in [4.69, 9.17) is 20.8 Å². The van der Waals surface area contributed by atoms with Gasteiger partial charge in [0, 0.05) is 10.4 Å². The minimum atomic E-state index is -0.664. The highest BCUT2D eigenvalue weighted by molar-refractivity contribution is 6.31. The SMILES string of the molecule is O=C(OC1CC2CCC1C2)c1cc2cc(Cl)ccc2oc1=O. The molecule has 2 bridgehead atoms. The summed E-state index contributed by atoms with van der Waals surface area (Å²) >= 11 is 5.93. The van der Waals surface area contributed by atoms with Gasteiger partial charge in [0.05, 0.1) is 0 Å². The van der Waals surface area contributed by atoms with Crippen molar-refractivity contribution in [3.8, 4) is 0 Å². The highest BCUT2D eigenvalue weighted by atomic mass is 35.5. The van der Waals surface area contributed by atoms with Crippen LogP contribution in [0.4, 0.5) is 0 Å². The summed E-state index contributed by atoms with van der Waals surface area (Å²) in [5.41, 5.74) is -0.314. The van der Waals surface area contributed by atoms with Crippen molar-refractivity contribution >= 4 is 28.5 Å². The van der Waals surface area contributed by atoms with Crippen LogP contribution in [-0.2, 0) is 4.74 Å². The van der Waals surface area contributed by atoms with E-state index in [1.165, 1.54) is 12.5 Å². The van der Waals surface area contributed by atoms with Gasteiger partial charge in [-0.1, -0.05) is 11.6 Å². The molecule has 0 radical (unpaired) electrons. The monoisotopic (exact) mass is 318 g/mol. The van der Waals surface area contributed by atoms with Crippen LogP contribution in [0.5, 0.6) is 0 Å². The van der Waals surface area contributed by atoms with Gasteiger partial charge in [-0.25, -0.2) is 9.59 Å². The minimum Gasteiger partial charge on any atom is -0.458 e. The van der Waals surface area contributed by atoms with E-state index in [9.17, 15) is 9.59 Å². The first-order valence-electron chi connectivity index (χ1n) is 7.54. The lowest BCUT2D eigenvalue weighted by Gasteiger charge is -2.21. The fourth-order valence-corrected chi connectivity index (χ4v) is 3.95. The van der Waals surface area contributed by atoms with Crippen molar-refractivity contribution in [1.82, 2.24) is 0 Å². The summed E-state index contributed by atoms with van der Waals surface area (Å²) in [5.74, 6) is 0.540. The Balaban J connectivity index is 1.63. The summed E-state index contributed by atoms with van der Waals surface area (Å²) in [6.07, 6.45) is 4.35. The maximum Gasteiger partial charge on any atom is 0.351 e. The normalized spacial score (nSPS) is 26.5. The van der Waals surface area contributed by atoms with Crippen LogP contribution in [0.15, 0.2) is 33.5 Å². The summed E-state index contributed by atoms with van der Waals surface area (Å²) in [4.78, 5) is 24.3. The van der Waals surface area contributed by atoms with E-state index < -0.39 is 11.6 Å². The smallest absolute Gasteiger partial charge is 0.351 e. The third kappa shape index (κ3) is 2.31. The van der Waals surface area contributed by atoms with E-state index in [0.29, 0.717) is 27.8 Å². The zero-order chi connectivity index (χ0) is 15.3. The van der Waals surface area contributed by atoms with Crippen LogP contribution in [0.1, 0.15) is 36.0 Å². The molecule has 0 spiro atoms. The highest BCUT2D eigenvalue weighted by Gasteiger charge is 2.42. The number of hydrogen-bond donors (Lipinski definition) is 0. The first-order chi connectivity index (χ1) is 10.6. The molecule has 114 valence electrons. The molecule has 0 aliphatic heterocycles. The molecular formula is C17H15ClO4. The molecule has 4 rings (SSSR count). The lowest BCUT2D eigenvalue weighted by molar-refractivity contribution is 0.0154. The van der Waals surface area contributed by atoms with Gasteiger partial charge in [0.15, 0.2) is 0 Å². The minimum absolute atomic E-state index is 0.0549. The van der Waals surface area contributed by atoms with Gasteiger partial charge in [-0.15, -0.1) is 0 Å². The lowest BCUT2D eigenvalue weighted by atomic mass is 9.98. The van der Waals surface area contributed by atoms with Gasteiger partial charge in [-0.3, -0.25) is 0 Å². The molecule has 5 heteroatoms. The van der Waals surface area contributed by atoms with Gasteiger partial charge in [0.1, 0.15) is 17.3 Å². The maximum atomic E-state index is 12.3. The molecule has 2 aromatic rings. The van der Waals surface area contributed by atoms with Gasteiger partial charge in [0.2, 0.25) is 0 Å². The second kappa shape index (κ2) is 5.13. The van der Waals surface area contributed by atoms with Crippen molar-refractivity contribution in [3.63, 3.8) is 0 Å². The van der Waals surface area contributed by atoms with Crippen LogP contribution in [0, 0.1) is 11.8 Å². The van der Waals surface area contributed by atoms with Crippen molar-refractivity contribution in [2.45, 2.75) is 31.8 Å². The molecule has 4 nitrogen and oxygen atoms in total. The van der Waals surface area contributed by atoms with Gasteiger partial charge in [0.25, 0.3) is 0 Å². The van der Waals surface area contributed by atoms with E-state index in [0.717, 1.165) is 19.3 Å². The third-order valence-electron chi connectivity index (χ3n) is 4.85. The van der Waals surface area contributed by atoms with Gasteiger partial charge in [-0.2, -0.15) is 0 Å². The second-order valence-electron chi connectivity index (χ2n) is 6.25. The van der Waals surface area contributed by atoms with Crippen LogP contribution in [0.25, 0.3) is 11.0 Å². The summed E-state index contributed by atoms with van der Waals surface area (Å²) in [6.45, 7) is 0. The Morgan fingerprint density at radius 3 is 2.82 bits per heavy atom. The van der Waals surface area contributed by atoms with E-state index >= 15 is 0 Å². The molecule has 2 aliphatic rings. The van der Waals surface area contributed by atoms with Gasteiger partial charge < -0.3 is 9.15 Å². The molecule has 2 aliphatic carbocycles. The zero-order valence-electron chi connectivity index (χ0n) is 11.9. The standard InChI is InChI=1S/C17H15ClO4/c18-12-3-4-14-11(7-12)8-13(16(19)21-14)17(20)22-15-6-9-1-2-10(15)5-9/h3-4,7-10,15H,1-2,5-6H2. The number of carbonyl (C=O) groups is 1. The zero-order valence-corrected chi connectivity index (χ0v) is 12.6. The Labute approximate surface area is 132 Å². The highest BCUT2D eigenvalue weighted by Crippen LogP contribution is 2.46. The van der Waals surface area contributed by atoms with Crippen molar-refractivity contribution in [1.29, 1.82) is 0 Å². The Morgan fingerprint density at radius 2 is 2.09 bits per heavy atom. The number of carbonyl (C=O) groups excluding carboxylic acids is 1. The summed E-state index contributed by atoms with van der Waals surface area (Å²) in [7, 11) is 0.